The van der Waals surface area contributed by atoms with Crippen LogP contribution in [0, 0.1) is 0 Å². The van der Waals surface area contributed by atoms with Gasteiger partial charge in [0.25, 0.3) is 0 Å². The van der Waals surface area contributed by atoms with E-state index >= 15 is 0 Å². The Labute approximate surface area is 101 Å². The van der Waals surface area contributed by atoms with E-state index in [0.29, 0.717) is 24.5 Å². The molecule has 17 heavy (non-hydrogen) atoms. The fourth-order valence-electron chi connectivity index (χ4n) is 1.58. The van der Waals surface area contributed by atoms with Gasteiger partial charge in [-0.25, -0.2) is 14.8 Å². The van der Waals surface area contributed by atoms with E-state index in [0.717, 1.165) is 0 Å². The van der Waals surface area contributed by atoms with Gasteiger partial charge >= 0.3 is 5.97 Å². The molecule has 0 atom stereocenters. The number of hydrogen-bond donors (Lipinski definition) is 1. The lowest BCUT2D eigenvalue weighted by atomic mass is 10.1. The molecule has 0 radical (unpaired) electrons. The summed E-state index contributed by atoms with van der Waals surface area (Å²) in [5, 5.41) is 8.98. The van der Waals surface area contributed by atoms with Gasteiger partial charge in [-0.15, -0.1) is 0 Å². The minimum absolute atomic E-state index is 0.156. The number of aromatic nitrogens is 2. The number of aryl methyl sites for hydroxylation is 1. The molecular weight excluding hydrogens is 220 g/mol. The van der Waals surface area contributed by atoms with Crippen LogP contribution >= 0.6 is 0 Å². The third-order valence-corrected chi connectivity index (χ3v) is 2.48. The first kappa shape index (κ1) is 13.6. The van der Waals surface area contributed by atoms with Crippen molar-refractivity contribution in [3.05, 3.63) is 23.3 Å². The second-order valence-electron chi connectivity index (χ2n) is 4.16. The molecule has 5 nitrogen and oxygen atoms in total. The lowest BCUT2D eigenvalue weighted by Gasteiger charge is -2.23. The Morgan fingerprint density at radius 1 is 1.47 bits per heavy atom. The Morgan fingerprint density at radius 2 is 2.12 bits per heavy atom. The van der Waals surface area contributed by atoms with Crippen molar-refractivity contribution in [1.29, 1.82) is 0 Å². The number of nitrogens with zero attached hydrogens (tertiary/aromatic N) is 2. The molecule has 5 heteroatoms. The minimum Gasteiger partial charge on any atom is -0.478 e. The summed E-state index contributed by atoms with van der Waals surface area (Å²) in [6.07, 6.45) is 1.91. The van der Waals surface area contributed by atoms with Crippen LogP contribution in [0.3, 0.4) is 0 Å². The molecule has 0 aromatic carbocycles. The summed E-state index contributed by atoms with van der Waals surface area (Å²) in [6.45, 7) is 8.05. The minimum atomic E-state index is -0.998. The number of carboxylic acids is 1. The van der Waals surface area contributed by atoms with E-state index in [1.54, 1.807) is 0 Å². The van der Waals surface area contributed by atoms with Crippen LogP contribution in [-0.4, -0.2) is 27.7 Å². The van der Waals surface area contributed by atoms with E-state index in [1.807, 2.05) is 27.7 Å². The van der Waals surface area contributed by atoms with Gasteiger partial charge < -0.3 is 9.84 Å². The van der Waals surface area contributed by atoms with Crippen molar-refractivity contribution in [1.82, 2.24) is 9.97 Å². The van der Waals surface area contributed by atoms with Crippen molar-refractivity contribution in [2.24, 2.45) is 0 Å². The lowest BCUT2D eigenvalue weighted by Crippen LogP contribution is -2.26. The fourth-order valence-corrected chi connectivity index (χ4v) is 1.58. The highest BCUT2D eigenvalue weighted by Crippen LogP contribution is 2.22. The molecule has 0 amide bonds. The van der Waals surface area contributed by atoms with E-state index in [-0.39, 0.29) is 5.56 Å². The van der Waals surface area contributed by atoms with Gasteiger partial charge in [0.05, 0.1) is 11.3 Å². The Kier molecular flexibility index (Phi) is 4.17. The van der Waals surface area contributed by atoms with Gasteiger partial charge in [0.1, 0.15) is 5.60 Å². The SMILES string of the molecule is CCOC(C)(C)c1ncc(C(=O)O)c(CC)n1. The van der Waals surface area contributed by atoms with Crippen molar-refractivity contribution < 1.29 is 14.6 Å². The Hall–Kier alpha value is -1.49. The molecule has 0 fully saturated rings. The van der Waals surface area contributed by atoms with Crippen molar-refractivity contribution in [2.75, 3.05) is 6.61 Å². The smallest absolute Gasteiger partial charge is 0.339 e. The summed E-state index contributed by atoms with van der Waals surface area (Å²) in [7, 11) is 0. The predicted octanol–water partition coefficient (Wildman–Crippen LogP) is 2.01. The van der Waals surface area contributed by atoms with Crippen LogP contribution in [0.15, 0.2) is 6.20 Å². The Balaban J connectivity index is 3.17. The largest absolute Gasteiger partial charge is 0.478 e. The molecule has 94 valence electrons. The highest BCUT2D eigenvalue weighted by molar-refractivity contribution is 5.88. The van der Waals surface area contributed by atoms with E-state index in [9.17, 15) is 4.79 Å². The third-order valence-electron chi connectivity index (χ3n) is 2.48. The maximum absolute atomic E-state index is 11.0. The zero-order valence-corrected chi connectivity index (χ0v) is 10.6. The zero-order chi connectivity index (χ0) is 13.1. The Bertz CT molecular complexity index is 416. The van der Waals surface area contributed by atoms with Gasteiger partial charge in [0.15, 0.2) is 5.82 Å². The quantitative estimate of drug-likeness (QED) is 0.849. The van der Waals surface area contributed by atoms with Crippen molar-refractivity contribution in [2.45, 2.75) is 39.7 Å². The highest BCUT2D eigenvalue weighted by atomic mass is 16.5. The summed E-state index contributed by atoms with van der Waals surface area (Å²) in [5.41, 5.74) is 0.0919. The van der Waals surface area contributed by atoms with Crippen molar-refractivity contribution >= 4 is 5.97 Å². The van der Waals surface area contributed by atoms with Crippen LogP contribution in [0.5, 0.6) is 0 Å². The second kappa shape index (κ2) is 5.23. The van der Waals surface area contributed by atoms with Gasteiger partial charge in [0.2, 0.25) is 0 Å². The maximum Gasteiger partial charge on any atom is 0.339 e. The number of rotatable bonds is 5. The fraction of sp³-hybridized carbons (Fsp3) is 0.583. The number of ether oxygens (including phenoxy) is 1. The first-order chi connectivity index (χ1) is 7.92. The van der Waals surface area contributed by atoms with Gasteiger partial charge in [-0.1, -0.05) is 6.92 Å². The number of aromatic carboxylic acids is 1. The monoisotopic (exact) mass is 238 g/mol. The van der Waals surface area contributed by atoms with Crippen LogP contribution in [-0.2, 0) is 16.8 Å². The molecule has 1 heterocycles. The van der Waals surface area contributed by atoms with Crippen molar-refractivity contribution in [3.8, 4) is 0 Å². The summed E-state index contributed by atoms with van der Waals surface area (Å²) >= 11 is 0. The molecule has 0 aliphatic heterocycles. The van der Waals surface area contributed by atoms with E-state index in [2.05, 4.69) is 9.97 Å². The molecule has 1 aromatic heterocycles. The molecule has 1 N–H and O–H groups in total. The average molecular weight is 238 g/mol. The van der Waals surface area contributed by atoms with Crippen LogP contribution in [0.25, 0.3) is 0 Å². The molecule has 0 unspecified atom stereocenters. The summed E-state index contributed by atoms with van der Waals surface area (Å²) < 4.78 is 5.54. The highest BCUT2D eigenvalue weighted by Gasteiger charge is 2.25. The number of carboxylic acid groups (broad SMARTS) is 1. The molecular formula is C12H18N2O3. The van der Waals surface area contributed by atoms with Gasteiger partial charge in [-0.05, 0) is 27.2 Å². The molecule has 0 saturated carbocycles. The van der Waals surface area contributed by atoms with Crippen molar-refractivity contribution in [3.63, 3.8) is 0 Å². The Morgan fingerprint density at radius 3 is 2.59 bits per heavy atom. The predicted molar refractivity (Wildman–Crippen MR) is 63.0 cm³/mol. The average Bonchev–Trinajstić information content (AvgIpc) is 2.27. The summed E-state index contributed by atoms with van der Waals surface area (Å²) in [4.78, 5) is 19.3. The molecule has 1 rings (SSSR count). The van der Waals surface area contributed by atoms with E-state index < -0.39 is 11.6 Å². The van der Waals surface area contributed by atoms with Crippen LogP contribution < -0.4 is 0 Å². The van der Waals surface area contributed by atoms with Gasteiger partial charge in [-0.3, -0.25) is 0 Å². The maximum atomic E-state index is 11.0. The third kappa shape index (κ3) is 3.00. The van der Waals surface area contributed by atoms with E-state index in [4.69, 9.17) is 9.84 Å². The summed E-state index contributed by atoms with van der Waals surface area (Å²) in [6, 6.07) is 0. The standard InChI is InChI=1S/C12H18N2O3/c1-5-9-8(10(15)16)7-13-11(14-9)12(3,4)17-6-2/h7H,5-6H2,1-4H3,(H,15,16). The molecule has 0 bridgehead atoms. The number of carbonyl (C=O) groups is 1. The number of hydrogen-bond acceptors (Lipinski definition) is 4. The molecule has 0 aliphatic rings. The second-order valence-corrected chi connectivity index (χ2v) is 4.16. The van der Waals surface area contributed by atoms with Gasteiger partial charge in [-0.2, -0.15) is 0 Å². The van der Waals surface area contributed by atoms with Crippen LogP contribution in [0.2, 0.25) is 0 Å². The summed E-state index contributed by atoms with van der Waals surface area (Å²) in [5.74, 6) is -0.483. The van der Waals surface area contributed by atoms with Crippen LogP contribution in [0.1, 0.15) is 49.6 Å². The van der Waals surface area contributed by atoms with E-state index in [1.165, 1.54) is 6.20 Å². The first-order valence-electron chi connectivity index (χ1n) is 5.66. The zero-order valence-electron chi connectivity index (χ0n) is 10.6. The first-order valence-corrected chi connectivity index (χ1v) is 5.66. The molecule has 1 aromatic rings. The van der Waals surface area contributed by atoms with Crippen LogP contribution in [0.4, 0.5) is 0 Å². The molecule has 0 saturated heterocycles. The van der Waals surface area contributed by atoms with Gasteiger partial charge in [0, 0.05) is 12.8 Å². The lowest BCUT2D eigenvalue weighted by molar-refractivity contribution is -0.0210. The normalized spacial score (nSPS) is 11.5. The topological polar surface area (TPSA) is 72.3 Å². The molecule has 0 aliphatic carbocycles. The molecule has 0 spiro atoms.